The van der Waals surface area contributed by atoms with Gasteiger partial charge in [0.2, 0.25) is 5.76 Å². The number of hydrogen-bond acceptors (Lipinski definition) is 4. The molecule has 2 heterocycles. The molecule has 3 aromatic rings. The van der Waals surface area contributed by atoms with Crippen LogP contribution in [0.15, 0.2) is 45.3 Å². The predicted molar refractivity (Wildman–Crippen MR) is 115 cm³/mol. The van der Waals surface area contributed by atoms with Crippen molar-refractivity contribution in [3.05, 3.63) is 62.2 Å². The van der Waals surface area contributed by atoms with Gasteiger partial charge in [0, 0.05) is 42.7 Å². The number of halogens is 3. The number of piperazine rings is 1. The van der Waals surface area contributed by atoms with E-state index in [-0.39, 0.29) is 11.7 Å². The monoisotopic (exact) mass is 496 g/mol. The Morgan fingerprint density at radius 2 is 1.76 bits per heavy atom. The molecule has 1 amide bonds. The van der Waals surface area contributed by atoms with Gasteiger partial charge in [-0.3, -0.25) is 4.79 Å². The molecule has 1 N–H and O–H groups in total. The van der Waals surface area contributed by atoms with Crippen molar-refractivity contribution in [2.24, 2.45) is 0 Å². The van der Waals surface area contributed by atoms with E-state index in [1.54, 1.807) is 29.2 Å². The molecule has 2 aromatic carbocycles. The quantitative estimate of drug-likeness (QED) is 0.540. The smallest absolute Gasteiger partial charge is 0.371 e. The minimum Gasteiger partial charge on any atom is -0.475 e. The first-order valence-electron chi connectivity index (χ1n) is 8.80. The Morgan fingerprint density at radius 3 is 2.45 bits per heavy atom. The normalized spacial score (nSPS) is 14.4. The number of carboxylic acid groups (broad SMARTS) is 1. The highest BCUT2D eigenvalue weighted by Gasteiger charge is 2.25. The number of carbonyl (C=O) groups excluding carboxylic acids is 1. The summed E-state index contributed by atoms with van der Waals surface area (Å²) < 4.78 is 6.11. The van der Waals surface area contributed by atoms with Crippen molar-refractivity contribution in [2.45, 2.75) is 0 Å². The Bertz CT molecular complexity index is 1120. The van der Waals surface area contributed by atoms with Gasteiger partial charge in [-0.1, -0.05) is 23.2 Å². The zero-order valence-electron chi connectivity index (χ0n) is 15.0. The highest BCUT2D eigenvalue weighted by Crippen LogP contribution is 2.36. The fourth-order valence-electron chi connectivity index (χ4n) is 3.40. The summed E-state index contributed by atoms with van der Waals surface area (Å²) in [6.45, 7) is 2.30. The fourth-order valence-corrected chi connectivity index (χ4v) is 4.46. The maximum atomic E-state index is 12.8. The summed E-state index contributed by atoms with van der Waals surface area (Å²) in [6.07, 6.45) is 0. The van der Waals surface area contributed by atoms with Crippen LogP contribution in [-0.2, 0) is 0 Å². The van der Waals surface area contributed by atoms with Gasteiger partial charge in [-0.25, -0.2) is 4.79 Å². The topological polar surface area (TPSA) is 74.0 Å². The summed E-state index contributed by atoms with van der Waals surface area (Å²) in [5.74, 6) is -1.36. The first kappa shape index (κ1) is 20.1. The van der Waals surface area contributed by atoms with Gasteiger partial charge in [0.15, 0.2) is 0 Å². The lowest BCUT2D eigenvalue weighted by Crippen LogP contribution is -2.49. The highest BCUT2D eigenvalue weighted by atomic mass is 79.9. The number of anilines is 1. The van der Waals surface area contributed by atoms with Crippen LogP contribution < -0.4 is 4.90 Å². The number of hydrogen-bond donors (Lipinski definition) is 1. The first-order chi connectivity index (χ1) is 13.8. The van der Waals surface area contributed by atoms with E-state index in [1.807, 2.05) is 6.07 Å². The van der Waals surface area contributed by atoms with Crippen LogP contribution in [0.25, 0.3) is 11.0 Å². The van der Waals surface area contributed by atoms with Gasteiger partial charge in [-0.2, -0.15) is 0 Å². The van der Waals surface area contributed by atoms with E-state index >= 15 is 0 Å². The van der Waals surface area contributed by atoms with Crippen LogP contribution >= 0.6 is 39.1 Å². The fraction of sp³-hybridized carbons (Fsp3) is 0.200. The summed E-state index contributed by atoms with van der Waals surface area (Å²) in [6, 6.07) is 10.0. The Hall–Kier alpha value is -2.22. The molecule has 29 heavy (non-hydrogen) atoms. The van der Waals surface area contributed by atoms with Crippen molar-refractivity contribution in [3.63, 3.8) is 0 Å². The molecule has 1 aliphatic rings. The summed E-state index contributed by atoms with van der Waals surface area (Å²) >= 11 is 15.7. The molecular weight excluding hydrogens is 483 g/mol. The number of carbonyl (C=O) groups is 2. The molecule has 0 aliphatic carbocycles. The highest BCUT2D eigenvalue weighted by molar-refractivity contribution is 9.10. The summed E-state index contributed by atoms with van der Waals surface area (Å²) in [5, 5.41) is 10.7. The second-order valence-electron chi connectivity index (χ2n) is 6.63. The number of fused-ring (bicyclic) bond motifs is 1. The van der Waals surface area contributed by atoms with Crippen molar-refractivity contribution in [3.8, 4) is 0 Å². The van der Waals surface area contributed by atoms with Crippen molar-refractivity contribution in [1.82, 2.24) is 4.90 Å². The molecule has 0 bridgehead atoms. The molecule has 4 rings (SSSR count). The van der Waals surface area contributed by atoms with Gasteiger partial charge in [0.05, 0.1) is 20.7 Å². The standard InChI is InChI=1S/C20H15BrCl2N2O4/c21-18-13-10-17(20(27)28)29-16(13)4-3-15(18)24-5-7-25(8-6-24)19(26)12-9-11(22)1-2-14(12)23/h1-4,9-10H,5-8H2,(H,27,28). The second-order valence-corrected chi connectivity index (χ2v) is 8.27. The minimum absolute atomic E-state index is 0.105. The Labute approximate surface area is 184 Å². The molecule has 0 saturated carbocycles. The van der Waals surface area contributed by atoms with Gasteiger partial charge in [0.1, 0.15) is 5.58 Å². The number of carboxylic acids is 1. The third kappa shape index (κ3) is 3.82. The van der Waals surface area contributed by atoms with E-state index in [4.69, 9.17) is 32.7 Å². The zero-order valence-corrected chi connectivity index (χ0v) is 18.1. The van der Waals surface area contributed by atoms with Gasteiger partial charge in [-0.05, 0) is 46.3 Å². The van der Waals surface area contributed by atoms with Crippen LogP contribution in [0, 0.1) is 0 Å². The van der Waals surface area contributed by atoms with Crippen LogP contribution in [0.5, 0.6) is 0 Å². The second kappa shape index (κ2) is 7.89. The van der Waals surface area contributed by atoms with E-state index in [2.05, 4.69) is 20.8 Å². The average Bonchev–Trinajstić information content (AvgIpc) is 3.16. The van der Waals surface area contributed by atoms with E-state index in [0.717, 1.165) is 10.2 Å². The van der Waals surface area contributed by atoms with Crippen LogP contribution in [-0.4, -0.2) is 48.1 Å². The van der Waals surface area contributed by atoms with Gasteiger partial charge in [-0.15, -0.1) is 0 Å². The van der Waals surface area contributed by atoms with Crippen molar-refractivity contribution >= 4 is 67.7 Å². The maximum absolute atomic E-state index is 12.8. The van der Waals surface area contributed by atoms with E-state index in [0.29, 0.717) is 52.8 Å². The predicted octanol–water partition coefficient (Wildman–Crippen LogP) is 5.16. The number of rotatable bonds is 3. The molecule has 0 atom stereocenters. The molecule has 1 saturated heterocycles. The molecule has 0 radical (unpaired) electrons. The number of furan rings is 1. The van der Waals surface area contributed by atoms with Crippen LogP contribution in [0.1, 0.15) is 20.9 Å². The third-order valence-electron chi connectivity index (χ3n) is 4.89. The van der Waals surface area contributed by atoms with Gasteiger partial charge in [0.25, 0.3) is 5.91 Å². The number of aromatic carboxylic acids is 1. The third-order valence-corrected chi connectivity index (χ3v) is 6.29. The van der Waals surface area contributed by atoms with Gasteiger partial charge >= 0.3 is 5.97 Å². The van der Waals surface area contributed by atoms with E-state index < -0.39 is 5.97 Å². The Kier molecular flexibility index (Phi) is 5.46. The largest absolute Gasteiger partial charge is 0.475 e. The van der Waals surface area contributed by atoms with Crippen LogP contribution in [0.2, 0.25) is 10.0 Å². The zero-order chi connectivity index (χ0) is 20.7. The molecule has 9 heteroatoms. The first-order valence-corrected chi connectivity index (χ1v) is 10.3. The lowest BCUT2D eigenvalue weighted by Gasteiger charge is -2.36. The lowest BCUT2D eigenvalue weighted by molar-refractivity contribution is 0.0664. The van der Waals surface area contributed by atoms with E-state index in [1.165, 1.54) is 6.07 Å². The van der Waals surface area contributed by atoms with Crippen LogP contribution in [0.3, 0.4) is 0 Å². The Balaban J connectivity index is 1.52. The van der Waals surface area contributed by atoms with Crippen molar-refractivity contribution in [2.75, 3.05) is 31.1 Å². The molecule has 1 aliphatic heterocycles. The molecule has 1 fully saturated rings. The lowest BCUT2D eigenvalue weighted by atomic mass is 10.1. The Morgan fingerprint density at radius 1 is 1.03 bits per heavy atom. The van der Waals surface area contributed by atoms with Crippen molar-refractivity contribution in [1.29, 1.82) is 0 Å². The molecule has 150 valence electrons. The number of nitrogens with zero attached hydrogens (tertiary/aromatic N) is 2. The molecule has 1 aromatic heterocycles. The van der Waals surface area contributed by atoms with Crippen molar-refractivity contribution < 1.29 is 19.1 Å². The number of benzene rings is 2. The summed E-state index contributed by atoms with van der Waals surface area (Å²) in [5.41, 5.74) is 1.82. The maximum Gasteiger partial charge on any atom is 0.371 e. The summed E-state index contributed by atoms with van der Waals surface area (Å²) in [7, 11) is 0. The molecule has 6 nitrogen and oxygen atoms in total. The molecule has 0 unspecified atom stereocenters. The van der Waals surface area contributed by atoms with Crippen LogP contribution in [0.4, 0.5) is 5.69 Å². The SMILES string of the molecule is O=C(O)c1cc2c(Br)c(N3CCN(C(=O)c4cc(Cl)ccc4Cl)CC3)ccc2o1. The summed E-state index contributed by atoms with van der Waals surface area (Å²) in [4.78, 5) is 27.9. The molecular formula is C20H15BrCl2N2O4. The average molecular weight is 498 g/mol. The molecule has 0 spiro atoms. The van der Waals surface area contributed by atoms with Gasteiger partial charge < -0.3 is 19.3 Å². The number of amides is 1. The minimum atomic E-state index is -1.11. The van der Waals surface area contributed by atoms with E-state index in [9.17, 15) is 9.59 Å².